The molecule has 3 rings (SSSR count). The molecule has 0 unspecified atom stereocenters. The molecule has 2 aliphatic heterocycles. The van der Waals surface area contributed by atoms with Crippen molar-refractivity contribution in [1.82, 2.24) is 10.2 Å². The van der Waals surface area contributed by atoms with Gasteiger partial charge in [-0.15, -0.1) is 0 Å². The lowest BCUT2D eigenvalue weighted by Gasteiger charge is -2.33. The molecule has 120 valence electrons. The van der Waals surface area contributed by atoms with Gasteiger partial charge in [0, 0.05) is 30.2 Å². The second-order valence-electron chi connectivity index (χ2n) is 6.16. The highest BCUT2D eigenvalue weighted by molar-refractivity contribution is 6.31. The number of rotatable bonds is 3. The molecule has 0 bridgehead atoms. The van der Waals surface area contributed by atoms with Crippen LogP contribution < -0.4 is 5.32 Å². The Hall–Kier alpha value is -1.17. The summed E-state index contributed by atoms with van der Waals surface area (Å²) in [5, 5.41) is 3.34. The van der Waals surface area contributed by atoms with Gasteiger partial charge >= 0.3 is 0 Å². The lowest BCUT2D eigenvalue weighted by atomic mass is 10.1. The lowest BCUT2D eigenvalue weighted by molar-refractivity contribution is -0.121. The van der Waals surface area contributed by atoms with Crippen molar-refractivity contribution >= 4 is 17.5 Å². The van der Waals surface area contributed by atoms with E-state index in [-0.39, 0.29) is 24.5 Å². The van der Waals surface area contributed by atoms with Crippen LogP contribution in [-0.4, -0.2) is 48.7 Å². The average Bonchev–Trinajstić information content (AvgIpc) is 2.83. The van der Waals surface area contributed by atoms with Crippen LogP contribution in [0, 0.1) is 5.82 Å². The van der Waals surface area contributed by atoms with Crippen molar-refractivity contribution < 1.29 is 13.9 Å². The second-order valence-corrected chi connectivity index (χ2v) is 6.57. The molecule has 22 heavy (non-hydrogen) atoms. The van der Waals surface area contributed by atoms with E-state index < -0.39 is 5.82 Å². The highest BCUT2D eigenvalue weighted by Crippen LogP contribution is 2.23. The zero-order chi connectivity index (χ0) is 15.7. The minimum Gasteiger partial charge on any atom is -0.376 e. The predicted molar refractivity (Wildman–Crippen MR) is 82.4 cm³/mol. The van der Waals surface area contributed by atoms with Crippen molar-refractivity contribution in [3.05, 3.63) is 34.6 Å². The monoisotopic (exact) mass is 326 g/mol. The number of benzene rings is 1. The largest absolute Gasteiger partial charge is 0.376 e. The number of carbonyl (C=O) groups is 1. The van der Waals surface area contributed by atoms with Crippen LogP contribution in [0.4, 0.5) is 4.39 Å². The number of nitrogens with one attached hydrogen (secondary N) is 1. The number of amides is 1. The van der Waals surface area contributed by atoms with Crippen LogP contribution in [-0.2, 0) is 16.0 Å². The van der Waals surface area contributed by atoms with Crippen molar-refractivity contribution in [2.24, 2.45) is 0 Å². The number of hydrogen-bond donors (Lipinski definition) is 1. The van der Waals surface area contributed by atoms with E-state index in [1.807, 2.05) is 0 Å². The van der Waals surface area contributed by atoms with Crippen LogP contribution in [0.1, 0.15) is 18.9 Å². The zero-order valence-electron chi connectivity index (χ0n) is 12.5. The van der Waals surface area contributed by atoms with E-state index in [1.54, 1.807) is 6.07 Å². The molecular formula is C16H20ClFN2O2. The fourth-order valence-corrected chi connectivity index (χ4v) is 3.49. The summed E-state index contributed by atoms with van der Waals surface area (Å²) in [4.78, 5) is 14.5. The van der Waals surface area contributed by atoms with Crippen LogP contribution in [0.5, 0.6) is 0 Å². The summed E-state index contributed by atoms with van der Waals surface area (Å²) in [5.74, 6) is -0.469. The van der Waals surface area contributed by atoms with E-state index >= 15 is 0 Å². The highest BCUT2D eigenvalue weighted by atomic mass is 35.5. The van der Waals surface area contributed by atoms with Gasteiger partial charge in [-0.2, -0.15) is 0 Å². The highest BCUT2D eigenvalue weighted by Gasteiger charge is 2.36. The van der Waals surface area contributed by atoms with Crippen LogP contribution >= 0.6 is 11.6 Å². The molecule has 0 aromatic heterocycles. The quantitative estimate of drug-likeness (QED) is 0.923. The Balaban J connectivity index is 1.54. The number of ether oxygens (including phenoxy) is 1. The number of halogens is 2. The number of nitrogens with zero attached hydrogens (tertiary/aromatic N) is 1. The molecule has 2 saturated heterocycles. The minimum atomic E-state index is -0.393. The Labute approximate surface area is 134 Å². The third-order valence-electron chi connectivity index (χ3n) is 4.32. The number of hydrogen-bond acceptors (Lipinski definition) is 3. The Kier molecular flexibility index (Phi) is 4.66. The van der Waals surface area contributed by atoms with Gasteiger partial charge in [-0.25, -0.2) is 4.39 Å². The van der Waals surface area contributed by atoms with Gasteiger partial charge in [0.2, 0.25) is 5.91 Å². The molecule has 2 fully saturated rings. The molecule has 1 amide bonds. The fourth-order valence-electron chi connectivity index (χ4n) is 3.26. The van der Waals surface area contributed by atoms with Gasteiger partial charge in [0.1, 0.15) is 5.82 Å². The minimum absolute atomic E-state index is 0.0766. The molecule has 0 aliphatic carbocycles. The maximum Gasteiger partial charge on any atom is 0.224 e. The van der Waals surface area contributed by atoms with E-state index in [2.05, 4.69) is 17.1 Å². The summed E-state index contributed by atoms with van der Waals surface area (Å²) in [6, 6.07) is 4.66. The van der Waals surface area contributed by atoms with Crippen LogP contribution in [0.3, 0.4) is 0 Å². The van der Waals surface area contributed by atoms with Crippen LogP contribution in [0.25, 0.3) is 0 Å². The van der Waals surface area contributed by atoms with Gasteiger partial charge < -0.3 is 10.1 Å². The van der Waals surface area contributed by atoms with E-state index in [0.717, 1.165) is 26.1 Å². The summed E-state index contributed by atoms with van der Waals surface area (Å²) in [6.07, 6.45) is 1.34. The molecule has 0 saturated carbocycles. The van der Waals surface area contributed by atoms with Crippen LogP contribution in [0.15, 0.2) is 18.2 Å². The number of morpholine rings is 1. The summed E-state index contributed by atoms with van der Waals surface area (Å²) in [7, 11) is 0. The maximum atomic E-state index is 13.0. The smallest absolute Gasteiger partial charge is 0.224 e. The van der Waals surface area contributed by atoms with Crippen molar-refractivity contribution in [2.75, 3.05) is 19.7 Å². The zero-order valence-corrected chi connectivity index (χ0v) is 13.3. The number of carbonyl (C=O) groups excluding carboxylic acids is 1. The van der Waals surface area contributed by atoms with Crippen molar-refractivity contribution in [3.63, 3.8) is 0 Å². The van der Waals surface area contributed by atoms with Gasteiger partial charge in [-0.1, -0.05) is 17.7 Å². The van der Waals surface area contributed by atoms with E-state index in [1.165, 1.54) is 12.1 Å². The van der Waals surface area contributed by atoms with Crippen molar-refractivity contribution in [2.45, 2.75) is 38.0 Å². The lowest BCUT2D eigenvalue weighted by Crippen LogP contribution is -2.45. The Morgan fingerprint density at radius 3 is 3.09 bits per heavy atom. The molecule has 3 atom stereocenters. The Morgan fingerprint density at radius 2 is 2.32 bits per heavy atom. The van der Waals surface area contributed by atoms with E-state index in [4.69, 9.17) is 16.3 Å². The molecule has 1 aromatic rings. The van der Waals surface area contributed by atoms with E-state index in [9.17, 15) is 9.18 Å². The van der Waals surface area contributed by atoms with E-state index in [0.29, 0.717) is 16.6 Å². The average molecular weight is 327 g/mol. The third-order valence-corrected chi connectivity index (χ3v) is 4.68. The Morgan fingerprint density at radius 1 is 1.50 bits per heavy atom. The van der Waals surface area contributed by atoms with Crippen molar-refractivity contribution in [1.29, 1.82) is 0 Å². The molecule has 6 heteroatoms. The van der Waals surface area contributed by atoms with Gasteiger partial charge in [-0.3, -0.25) is 9.69 Å². The SMILES string of the molecule is C[C@H]1CN2C[C@@H](NC(=O)Cc3ccc(F)cc3Cl)C[C@H]2CO1. The molecule has 2 heterocycles. The number of fused-ring (bicyclic) bond motifs is 1. The first-order chi connectivity index (χ1) is 10.5. The first-order valence-corrected chi connectivity index (χ1v) is 7.98. The second kappa shape index (κ2) is 6.52. The van der Waals surface area contributed by atoms with Gasteiger partial charge in [0.25, 0.3) is 0 Å². The summed E-state index contributed by atoms with van der Waals surface area (Å²) in [5.41, 5.74) is 0.647. The normalized spacial score (nSPS) is 28.4. The molecule has 1 aromatic carbocycles. The topological polar surface area (TPSA) is 41.6 Å². The molecule has 2 aliphatic rings. The standard InChI is InChI=1S/C16H20ClFN2O2/c1-10-7-20-8-13(6-14(20)9-22-10)19-16(21)4-11-2-3-12(18)5-15(11)17/h2-3,5,10,13-14H,4,6-9H2,1H3,(H,19,21)/t10-,13-,14-/m0/s1. The Bertz CT molecular complexity index is 569. The van der Waals surface area contributed by atoms with Gasteiger partial charge in [0.05, 0.1) is 19.1 Å². The predicted octanol–water partition coefficient (Wildman–Crippen LogP) is 2.00. The summed E-state index contributed by atoms with van der Waals surface area (Å²) in [6.45, 7) is 4.58. The van der Waals surface area contributed by atoms with Gasteiger partial charge in [0.15, 0.2) is 0 Å². The molecule has 0 spiro atoms. The summed E-state index contributed by atoms with van der Waals surface area (Å²) < 4.78 is 18.7. The van der Waals surface area contributed by atoms with Crippen LogP contribution in [0.2, 0.25) is 5.02 Å². The summed E-state index contributed by atoms with van der Waals surface area (Å²) >= 11 is 5.96. The fraction of sp³-hybridized carbons (Fsp3) is 0.562. The first kappa shape index (κ1) is 15.7. The molecule has 0 radical (unpaired) electrons. The first-order valence-electron chi connectivity index (χ1n) is 7.60. The molecule has 1 N–H and O–H groups in total. The van der Waals surface area contributed by atoms with Gasteiger partial charge in [-0.05, 0) is 31.0 Å². The molecule has 4 nitrogen and oxygen atoms in total. The molecular weight excluding hydrogens is 307 g/mol. The maximum absolute atomic E-state index is 13.0. The third kappa shape index (κ3) is 3.59. The van der Waals surface area contributed by atoms with Crippen molar-refractivity contribution in [3.8, 4) is 0 Å².